The lowest BCUT2D eigenvalue weighted by atomic mass is 9.75. The highest BCUT2D eigenvalue weighted by molar-refractivity contribution is 5.22. The van der Waals surface area contributed by atoms with E-state index < -0.39 is 0 Å². The van der Waals surface area contributed by atoms with Crippen molar-refractivity contribution in [2.75, 3.05) is 0 Å². The molecule has 0 heterocycles. The van der Waals surface area contributed by atoms with E-state index in [0.717, 1.165) is 11.8 Å². The van der Waals surface area contributed by atoms with Gasteiger partial charge in [-0.1, -0.05) is 17.2 Å². The highest BCUT2D eigenvalue weighted by atomic mass is 14.5. The Morgan fingerprint density at radius 2 is 1.88 bits per heavy atom. The summed E-state index contributed by atoms with van der Waals surface area (Å²) in [7, 11) is 0. The van der Waals surface area contributed by atoms with Gasteiger partial charge in [0.25, 0.3) is 0 Å². The molecule has 2 aliphatic carbocycles. The fourth-order valence-electron chi connectivity index (χ4n) is 3.83. The summed E-state index contributed by atoms with van der Waals surface area (Å²) in [6.07, 6.45) is 8.37. The minimum Gasteiger partial charge on any atom is -0.193 e. The van der Waals surface area contributed by atoms with Crippen molar-refractivity contribution in [3.05, 3.63) is 23.3 Å². The van der Waals surface area contributed by atoms with Crippen LogP contribution in [0.5, 0.6) is 0 Å². The zero-order chi connectivity index (χ0) is 11.7. The molecular weight excluding hydrogens is 194 g/mol. The van der Waals surface area contributed by atoms with Crippen LogP contribution in [0, 0.1) is 35.0 Å². The number of hydrogen-bond donors (Lipinski definition) is 0. The summed E-state index contributed by atoms with van der Waals surface area (Å²) >= 11 is 0. The van der Waals surface area contributed by atoms with Crippen LogP contribution in [0.1, 0.15) is 40.0 Å². The average molecular weight is 215 g/mol. The molecule has 4 unspecified atom stereocenters. The van der Waals surface area contributed by atoms with Crippen LogP contribution in [-0.4, -0.2) is 0 Å². The molecule has 16 heavy (non-hydrogen) atoms. The lowest BCUT2D eigenvalue weighted by Crippen LogP contribution is -2.22. The number of hydrogen-bond acceptors (Lipinski definition) is 1. The first-order valence-electron chi connectivity index (χ1n) is 6.34. The molecule has 0 spiro atoms. The van der Waals surface area contributed by atoms with Gasteiger partial charge < -0.3 is 0 Å². The molecule has 1 nitrogen and oxygen atoms in total. The fraction of sp³-hybridized carbons (Fsp3) is 0.667. The molecule has 0 aromatic heterocycles. The Balaban J connectivity index is 2.25. The Morgan fingerprint density at radius 1 is 1.19 bits per heavy atom. The van der Waals surface area contributed by atoms with Gasteiger partial charge in [0.05, 0.1) is 6.07 Å². The van der Waals surface area contributed by atoms with Crippen LogP contribution < -0.4 is 0 Å². The van der Waals surface area contributed by atoms with E-state index in [2.05, 4.69) is 32.9 Å². The summed E-state index contributed by atoms with van der Waals surface area (Å²) in [4.78, 5) is 0. The van der Waals surface area contributed by atoms with E-state index in [4.69, 9.17) is 5.26 Å². The van der Waals surface area contributed by atoms with Crippen LogP contribution in [0.15, 0.2) is 23.3 Å². The van der Waals surface area contributed by atoms with Gasteiger partial charge in [-0.05, 0) is 63.7 Å². The van der Waals surface area contributed by atoms with Crippen molar-refractivity contribution in [2.24, 2.45) is 23.7 Å². The SMILES string of the molecule is CC(C)=CC1C2CCC(C2)C1/C(C)=C/C#N. The summed E-state index contributed by atoms with van der Waals surface area (Å²) < 4.78 is 0. The quantitative estimate of drug-likeness (QED) is 0.503. The largest absolute Gasteiger partial charge is 0.193 e. The smallest absolute Gasteiger partial charge is 0.0911 e. The molecular formula is C15H21N. The van der Waals surface area contributed by atoms with Crippen LogP contribution in [0.25, 0.3) is 0 Å². The van der Waals surface area contributed by atoms with Crippen LogP contribution in [-0.2, 0) is 0 Å². The number of nitriles is 1. The molecule has 2 bridgehead atoms. The molecule has 0 aromatic carbocycles. The standard InChI is InChI=1S/C15H21N/c1-10(2)8-14-12-4-5-13(9-12)15(14)11(3)6-7-16/h6,8,12-15H,4-5,9H2,1-3H3/b11-6+. The van der Waals surface area contributed by atoms with Gasteiger partial charge in [-0.25, -0.2) is 0 Å². The van der Waals surface area contributed by atoms with E-state index >= 15 is 0 Å². The monoisotopic (exact) mass is 215 g/mol. The fourth-order valence-corrected chi connectivity index (χ4v) is 3.83. The lowest BCUT2D eigenvalue weighted by Gasteiger charge is -2.30. The number of fused-ring (bicyclic) bond motifs is 2. The third-order valence-corrected chi connectivity index (χ3v) is 4.32. The second kappa shape index (κ2) is 4.45. The predicted molar refractivity (Wildman–Crippen MR) is 66.6 cm³/mol. The van der Waals surface area contributed by atoms with Gasteiger partial charge in [0.1, 0.15) is 0 Å². The van der Waals surface area contributed by atoms with E-state index in [0.29, 0.717) is 11.8 Å². The second-order valence-corrected chi connectivity index (χ2v) is 5.70. The van der Waals surface area contributed by atoms with Gasteiger partial charge >= 0.3 is 0 Å². The third-order valence-electron chi connectivity index (χ3n) is 4.32. The normalized spacial score (nSPS) is 37.2. The van der Waals surface area contributed by atoms with Crippen LogP contribution in [0.3, 0.4) is 0 Å². The molecule has 0 aromatic rings. The molecule has 86 valence electrons. The third kappa shape index (κ3) is 1.94. The van der Waals surface area contributed by atoms with E-state index in [-0.39, 0.29) is 0 Å². The highest BCUT2D eigenvalue weighted by Gasteiger charge is 2.46. The Morgan fingerprint density at radius 3 is 2.50 bits per heavy atom. The van der Waals surface area contributed by atoms with Crippen molar-refractivity contribution < 1.29 is 0 Å². The van der Waals surface area contributed by atoms with Crippen molar-refractivity contribution >= 4 is 0 Å². The Hall–Kier alpha value is -1.03. The molecule has 0 saturated heterocycles. The maximum atomic E-state index is 8.79. The maximum Gasteiger partial charge on any atom is 0.0911 e. The molecule has 0 N–H and O–H groups in total. The van der Waals surface area contributed by atoms with Gasteiger partial charge in [-0.2, -0.15) is 5.26 Å². The number of nitrogens with zero attached hydrogens (tertiary/aromatic N) is 1. The Bertz CT molecular complexity index is 365. The molecule has 2 aliphatic rings. The molecule has 0 radical (unpaired) electrons. The topological polar surface area (TPSA) is 23.8 Å². The van der Waals surface area contributed by atoms with Crippen molar-refractivity contribution in [1.82, 2.24) is 0 Å². The zero-order valence-electron chi connectivity index (χ0n) is 10.5. The van der Waals surface area contributed by atoms with Gasteiger partial charge in [-0.15, -0.1) is 0 Å². The molecule has 0 amide bonds. The molecule has 0 aliphatic heterocycles. The molecule has 4 atom stereocenters. The van der Waals surface area contributed by atoms with Gasteiger partial charge in [0.15, 0.2) is 0 Å². The zero-order valence-corrected chi connectivity index (χ0v) is 10.5. The van der Waals surface area contributed by atoms with Crippen LogP contribution in [0.4, 0.5) is 0 Å². The summed E-state index contributed by atoms with van der Waals surface area (Å²) in [5.41, 5.74) is 2.73. The Labute approximate surface area is 98.9 Å². The van der Waals surface area contributed by atoms with Crippen molar-refractivity contribution in [1.29, 1.82) is 5.26 Å². The van der Waals surface area contributed by atoms with Crippen LogP contribution >= 0.6 is 0 Å². The predicted octanol–water partition coefficient (Wildman–Crippen LogP) is 4.08. The second-order valence-electron chi connectivity index (χ2n) is 5.70. The van der Waals surface area contributed by atoms with E-state index in [9.17, 15) is 0 Å². The highest BCUT2D eigenvalue weighted by Crippen LogP contribution is 2.55. The summed E-state index contributed by atoms with van der Waals surface area (Å²) in [6, 6.07) is 2.19. The van der Waals surface area contributed by atoms with Gasteiger partial charge in [0.2, 0.25) is 0 Å². The summed E-state index contributed by atoms with van der Waals surface area (Å²) in [6.45, 7) is 6.51. The molecule has 1 heteroatoms. The molecule has 2 fully saturated rings. The minimum absolute atomic E-state index is 0.647. The first-order chi connectivity index (χ1) is 7.63. The maximum absolute atomic E-state index is 8.79. The van der Waals surface area contributed by atoms with Crippen molar-refractivity contribution in [2.45, 2.75) is 40.0 Å². The van der Waals surface area contributed by atoms with E-state index in [1.165, 1.54) is 30.4 Å². The summed E-state index contributed by atoms with van der Waals surface area (Å²) in [5.74, 6) is 3.07. The molecule has 2 rings (SSSR count). The summed E-state index contributed by atoms with van der Waals surface area (Å²) in [5, 5.41) is 8.79. The molecule has 2 saturated carbocycles. The first-order valence-corrected chi connectivity index (χ1v) is 6.34. The van der Waals surface area contributed by atoms with Gasteiger partial charge in [-0.3, -0.25) is 0 Å². The lowest BCUT2D eigenvalue weighted by molar-refractivity contribution is 0.303. The van der Waals surface area contributed by atoms with Crippen LogP contribution in [0.2, 0.25) is 0 Å². The average Bonchev–Trinajstić information content (AvgIpc) is 2.77. The Kier molecular flexibility index (Phi) is 3.19. The number of allylic oxidation sites excluding steroid dienone is 4. The van der Waals surface area contributed by atoms with Crippen molar-refractivity contribution in [3.63, 3.8) is 0 Å². The number of rotatable bonds is 2. The van der Waals surface area contributed by atoms with E-state index in [1.807, 2.05) is 0 Å². The van der Waals surface area contributed by atoms with Crippen molar-refractivity contribution in [3.8, 4) is 6.07 Å². The van der Waals surface area contributed by atoms with E-state index in [1.54, 1.807) is 6.08 Å². The van der Waals surface area contributed by atoms with Gasteiger partial charge in [0, 0.05) is 6.08 Å². The first kappa shape index (κ1) is 11.5. The minimum atomic E-state index is 0.647.